The van der Waals surface area contributed by atoms with E-state index < -0.39 is 0 Å². The van der Waals surface area contributed by atoms with E-state index in [0.29, 0.717) is 31.3 Å². The van der Waals surface area contributed by atoms with E-state index in [2.05, 4.69) is 15.5 Å². The van der Waals surface area contributed by atoms with Gasteiger partial charge in [-0.25, -0.2) is 0 Å². The minimum atomic E-state index is 0.0527. The third-order valence-electron chi connectivity index (χ3n) is 4.68. The van der Waals surface area contributed by atoms with Crippen molar-refractivity contribution in [2.45, 2.75) is 12.8 Å². The zero-order valence-electron chi connectivity index (χ0n) is 13.1. The van der Waals surface area contributed by atoms with Crippen LogP contribution in [0.25, 0.3) is 0 Å². The molecule has 23 heavy (non-hydrogen) atoms. The fourth-order valence-electron chi connectivity index (χ4n) is 3.44. The summed E-state index contributed by atoms with van der Waals surface area (Å²) in [6.45, 7) is 3.54. The monoisotopic (exact) mass is 335 g/mol. The molecule has 1 aromatic carbocycles. The average molecular weight is 336 g/mol. The first-order chi connectivity index (χ1) is 11.1. The van der Waals surface area contributed by atoms with Crippen molar-refractivity contribution in [1.29, 1.82) is 0 Å². The van der Waals surface area contributed by atoms with Gasteiger partial charge in [0.05, 0.1) is 6.54 Å². The number of hydrogen-bond donors (Lipinski definition) is 2. The fourth-order valence-corrected chi connectivity index (χ4v) is 3.57. The number of amides is 2. The number of nitrogens with zero attached hydrogens (tertiary/aromatic N) is 1. The Balaban J connectivity index is 1.38. The van der Waals surface area contributed by atoms with Gasteiger partial charge < -0.3 is 10.6 Å². The van der Waals surface area contributed by atoms with Crippen LogP contribution in [0, 0.1) is 11.8 Å². The Bertz CT molecular complexity index is 576. The highest BCUT2D eigenvalue weighted by atomic mass is 35.5. The Kier molecular flexibility index (Phi) is 5.18. The van der Waals surface area contributed by atoms with Crippen molar-refractivity contribution in [1.82, 2.24) is 15.5 Å². The zero-order valence-corrected chi connectivity index (χ0v) is 13.8. The standard InChI is InChI=1S/C17H22ClN3O2/c18-15-3-1-12(2-4-15)5-6-19-17(23)11-21-9-13-7-16(22)20-8-14(13)10-21/h1-4,13-14H,5-11H2,(H,19,23)(H,20,22)/t13-,14+/m1/s1. The average Bonchev–Trinajstić information content (AvgIpc) is 2.90. The molecule has 124 valence electrons. The summed E-state index contributed by atoms with van der Waals surface area (Å²) in [4.78, 5) is 25.6. The molecule has 0 saturated carbocycles. The number of fused-ring (bicyclic) bond motifs is 1. The van der Waals surface area contributed by atoms with Crippen LogP contribution in [0.5, 0.6) is 0 Å². The summed E-state index contributed by atoms with van der Waals surface area (Å²) in [5.41, 5.74) is 1.16. The van der Waals surface area contributed by atoms with Gasteiger partial charge in [-0.2, -0.15) is 0 Å². The molecule has 0 aromatic heterocycles. The third-order valence-corrected chi connectivity index (χ3v) is 4.93. The van der Waals surface area contributed by atoms with Crippen molar-refractivity contribution in [3.05, 3.63) is 34.9 Å². The molecule has 0 aliphatic carbocycles. The number of carbonyl (C=O) groups is 2. The Hall–Kier alpha value is -1.59. The van der Waals surface area contributed by atoms with Crippen LogP contribution >= 0.6 is 11.6 Å². The third kappa shape index (κ3) is 4.45. The van der Waals surface area contributed by atoms with Crippen LogP contribution in [0.2, 0.25) is 5.02 Å². The van der Waals surface area contributed by atoms with E-state index >= 15 is 0 Å². The minimum absolute atomic E-state index is 0.0527. The molecule has 2 saturated heterocycles. The number of benzene rings is 1. The molecule has 3 rings (SSSR count). The number of likely N-dealkylation sites (tertiary alicyclic amines) is 1. The van der Waals surface area contributed by atoms with Crippen molar-refractivity contribution in [3.63, 3.8) is 0 Å². The molecule has 2 amide bonds. The Morgan fingerprint density at radius 1 is 1.26 bits per heavy atom. The first-order valence-corrected chi connectivity index (χ1v) is 8.48. The highest BCUT2D eigenvalue weighted by molar-refractivity contribution is 6.30. The highest BCUT2D eigenvalue weighted by Crippen LogP contribution is 2.28. The van der Waals surface area contributed by atoms with Crippen LogP contribution in [-0.2, 0) is 16.0 Å². The number of carbonyl (C=O) groups excluding carboxylic acids is 2. The van der Waals surface area contributed by atoms with E-state index in [-0.39, 0.29) is 11.8 Å². The summed E-state index contributed by atoms with van der Waals surface area (Å²) in [7, 11) is 0. The van der Waals surface area contributed by atoms with E-state index in [4.69, 9.17) is 11.6 Å². The van der Waals surface area contributed by atoms with Crippen molar-refractivity contribution in [2.24, 2.45) is 11.8 Å². The van der Waals surface area contributed by atoms with E-state index in [1.165, 1.54) is 0 Å². The lowest BCUT2D eigenvalue weighted by Gasteiger charge is -2.23. The fraction of sp³-hybridized carbons (Fsp3) is 0.529. The van der Waals surface area contributed by atoms with Gasteiger partial charge in [0.25, 0.3) is 0 Å². The SMILES string of the molecule is O=C1C[C@@H]2CN(CC(=O)NCCc3ccc(Cl)cc3)C[C@@H]2CN1. The molecule has 2 atom stereocenters. The van der Waals surface area contributed by atoms with Gasteiger partial charge in [-0.05, 0) is 36.0 Å². The lowest BCUT2D eigenvalue weighted by molar-refractivity contribution is -0.124. The van der Waals surface area contributed by atoms with Gasteiger partial charge in [0.2, 0.25) is 11.8 Å². The largest absolute Gasteiger partial charge is 0.356 e. The van der Waals surface area contributed by atoms with E-state index in [9.17, 15) is 9.59 Å². The number of nitrogens with one attached hydrogen (secondary N) is 2. The summed E-state index contributed by atoms with van der Waals surface area (Å²) in [6.07, 6.45) is 1.39. The lowest BCUT2D eigenvalue weighted by Crippen LogP contribution is -2.40. The van der Waals surface area contributed by atoms with Gasteiger partial charge >= 0.3 is 0 Å². The molecule has 2 aliphatic heterocycles. The second kappa shape index (κ2) is 7.32. The number of rotatable bonds is 5. The van der Waals surface area contributed by atoms with Crippen molar-refractivity contribution >= 4 is 23.4 Å². The van der Waals surface area contributed by atoms with Crippen LogP contribution in [0.4, 0.5) is 0 Å². The first-order valence-electron chi connectivity index (χ1n) is 8.10. The maximum atomic E-state index is 12.1. The number of piperidine rings is 1. The number of hydrogen-bond acceptors (Lipinski definition) is 3. The zero-order chi connectivity index (χ0) is 16.2. The van der Waals surface area contributed by atoms with Crippen LogP contribution in [-0.4, -0.2) is 49.4 Å². The molecular weight excluding hydrogens is 314 g/mol. The van der Waals surface area contributed by atoms with Crippen molar-refractivity contribution < 1.29 is 9.59 Å². The molecule has 0 spiro atoms. The molecule has 0 unspecified atom stereocenters. The van der Waals surface area contributed by atoms with E-state index in [1.807, 2.05) is 24.3 Å². The Morgan fingerprint density at radius 3 is 2.78 bits per heavy atom. The highest BCUT2D eigenvalue weighted by Gasteiger charge is 2.37. The molecule has 2 aliphatic rings. The predicted octanol–water partition coefficient (Wildman–Crippen LogP) is 1.07. The van der Waals surface area contributed by atoms with E-state index in [0.717, 1.165) is 36.6 Å². The van der Waals surface area contributed by atoms with Gasteiger partial charge in [-0.1, -0.05) is 23.7 Å². The molecule has 5 nitrogen and oxygen atoms in total. The summed E-state index contributed by atoms with van der Waals surface area (Å²) >= 11 is 5.85. The number of halogens is 1. The molecule has 2 N–H and O–H groups in total. The van der Waals surface area contributed by atoms with Gasteiger partial charge in [0.1, 0.15) is 0 Å². The Labute approximate surface area is 141 Å². The maximum Gasteiger partial charge on any atom is 0.234 e. The maximum absolute atomic E-state index is 12.1. The molecule has 6 heteroatoms. The van der Waals surface area contributed by atoms with Crippen LogP contribution in [0.1, 0.15) is 12.0 Å². The molecule has 2 fully saturated rings. The molecule has 0 radical (unpaired) electrons. The summed E-state index contributed by atoms with van der Waals surface area (Å²) in [6, 6.07) is 7.67. The topological polar surface area (TPSA) is 61.4 Å². The van der Waals surface area contributed by atoms with Crippen LogP contribution in [0.15, 0.2) is 24.3 Å². The van der Waals surface area contributed by atoms with Gasteiger partial charge in [0.15, 0.2) is 0 Å². The summed E-state index contributed by atoms with van der Waals surface area (Å²) in [5, 5.41) is 6.60. The molecule has 0 bridgehead atoms. The van der Waals surface area contributed by atoms with Crippen LogP contribution < -0.4 is 10.6 Å². The molecule has 2 heterocycles. The summed E-state index contributed by atoms with van der Waals surface area (Å²) in [5.74, 6) is 1.09. The van der Waals surface area contributed by atoms with Gasteiger partial charge in [-0.3, -0.25) is 14.5 Å². The predicted molar refractivity (Wildman–Crippen MR) is 89.2 cm³/mol. The second-order valence-corrected chi connectivity index (χ2v) is 6.89. The molecular formula is C17H22ClN3O2. The van der Waals surface area contributed by atoms with Gasteiger partial charge in [-0.15, -0.1) is 0 Å². The first kappa shape index (κ1) is 16.3. The second-order valence-electron chi connectivity index (χ2n) is 6.45. The van der Waals surface area contributed by atoms with Crippen LogP contribution in [0.3, 0.4) is 0 Å². The Morgan fingerprint density at radius 2 is 2.00 bits per heavy atom. The van der Waals surface area contributed by atoms with E-state index in [1.54, 1.807) is 0 Å². The van der Waals surface area contributed by atoms with Gasteiger partial charge in [0, 0.05) is 37.6 Å². The minimum Gasteiger partial charge on any atom is -0.356 e. The smallest absolute Gasteiger partial charge is 0.234 e. The lowest BCUT2D eigenvalue weighted by atomic mass is 9.89. The van der Waals surface area contributed by atoms with Crippen molar-refractivity contribution in [3.8, 4) is 0 Å². The summed E-state index contributed by atoms with van der Waals surface area (Å²) < 4.78 is 0. The normalized spacial score (nSPS) is 24.1. The van der Waals surface area contributed by atoms with Crippen molar-refractivity contribution in [2.75, 3.05) is 32.7 Å². The molecule has 1 aromatic rings. The quantitative estimate of drug-likeness (QED) is 0.846.